The van der Waals surface area contributed by atoms with Crippen molar-refractivity contribution in [3.05, 3.63) is 40.4 Å². The zero-order chi connectivity index (χ0) is 10.7. The maximum atomic E-state index is 10.7. The van der Waals surface area contributed by atoms with Crippen LogP contribution in [-0.2, 0) is 11.3 Å². The first-order chi connectivity index (χ1) is 7.29. The third-order valence-electron chi connectivity index (χ3n) is 1.98. The van der Waals surface area contributed by atoms with E-state index in [1.165, 1.54) is 0 Å². The first-order valence-electron chi connectivity index (χ1n) is 4.44. The van der Waals surface area contributed by atoms with Gasteiger partial charge in [0.25, 0.3) is 0 Å². The van der Waals surface area contributed by atoms with E-state index in [1.54, 1.807) is 7.11 Å². The van der Waals surface area contributed by atoms with Gasteiger partial charge in [0.05, 0.1) is 6.61 Å². The van der Waals surface area contributed by atoms with Crippen molar-refractivity contribution in [3.63, 3.8) is 0 Å². The van der Waals surface area contributed by atoms with Gasteiger partial charge in [0.15, 0.2) is 5.82 Å². The minimum atomic E-state index is -0.550. The van der Waals surface area contributed by atoms with Crippen LogP contribution < -0.4 is 5.76 Å². The molecule has 0 aliphatic heterocycles. The Morgan fingerprint density at radius 3 is 2.67 bits per heavy atom. The van der Waals surface area contributed by atoms with Gasteiger partial charge in [-0.25, -0.2) is 4.79 Å². The van der Waals surface area contributed by atoms with Crippen molar-refractivity contribution < 1.29 is 9.26 Å². The van der Waals surface area contributed by atoms with Crippen LogP contribution in [0, 0.1) is 0 Å². The minimum Gasteiger partial charge on any atom is -0.380 e. The van der Waals surface area contributed by atoms with Crippen LogP contribution in [-0.4, -0.2) is 17.3 Å². The molecule has 0 aliphatic rings. The van der Waals surface area contributed by atoms with Crippen LogP contribution in [0.25, 0.3) is 11.4 Å². The zero-order valence-corrected chi connectivity index (χ0v) is 8.19. The van der Waals surface area contributed by atoms with E-state index in [1.807, 2.05) is 24.3 Å². The number of hydrogen-bond acceptors (Lipinski definition) is 4. The van der Waals surface area contributed by atoms with Gasteiger partial charge < -0.3 is 4.74 Å². The van der Waals surface area contributed by atoms with Crippen LogP contribution in [0.5, 0.6) is 0 Å². The number of aromatic amines is 1. The lowest BCUT2D eigenvalue weighted by molar-refractivity contribution is 0.185. The largest absolute Gasteiger partial charge is 0.439 e. The van der Waals surface area contributed by atoms with Crippen molar-refractivity contribution >= 4 is 0 Å². The summed E-state index contributed by atoms with van der Waals surface area (Å²) in [6.07, 6.45) is 0. The van der Waals surface area contributed by atoms with Crippen LogP contribution >= 0.6 is 0 Å². The van der Waals surface area contributed by atoms with Gasteiger partial charge in [-0.1, -0.05) is 29.4 Å². The molecule has 0 bridgehead atoms. The number of methoxy groups -OCH3 is 1. The normalized spacial score (nSPS) is 10.5. The first kappa shape index (κ1) is 9.67. The molecule has 0 fully saturated rings. The molecule has 1 N–H and O–H groups in total. The quantitative estimate of drug-likeness (QED) is 0.818. The Balaban J connectivity index is 2.27. The number of nitrogens with zero attached hydrogens (tertiary/aromatic N) is 1. The van der Waals surface area contributed by atoms with E-state index >= 15 is 0 Å². The van der Waals surface area contributed by atoms with Gasteiger partial charge in [0.2, 0.25) is 0 Å². The van der Waals surface area contributed by atoms with Crippen LogP contribution in [0.15, 0.2) is 33.6 Å². The van der Waals surface area contributed by atoms with Gasteiger partial charge in [-0.3, -0.25) is 9.51 Å². The van der Waals surface area contributed by atoms with Crippen LogP contribution in [0.1, 0.15) is 5.56 Å². The fourth-order valence-electron chi connectivity index (χ4n) is 1.28. The summed E-state index contributed by atoms with van der Waals surface area (Å²) in [6.45, 7) is 0.565. The zero-order valence-electron chi connectivity index (χ0n) is 8.19. The molecular formula is C10H10N2O3. The van der Waals surface area contributed by atoms with E-state index in [4.69, 9.17) is 4.74 Å². The van der Waals surface area contributed by atoms with Gasteiger partial charge in [0, 0.05) is 12.7 Å². The van der Waals surface area contributed by atoms with Crippen molar-refractivity contribution in [1.29, 1.82) is 0 Å². The van der Waals surface area contributed by atoms with E-state index < -0.39 is 5.76 Å². The molecule has 2 aromatic rings. The Morgan fingerprint density at radius 1 is 1.40 bits per heavy atom. The monoisotopic (exact) mass is 206 g/mol. The maximum Gasteiger partial charge on any atom is 0.439 e. The lowest BCUT2D eigenvalue weighted by atomic mass is 10.1. The predicted molar refractivity (Wildman–Crippen MR) is 53.3 cm³/mol. The Morgan fingerprint density at radius 2 is 2.13 bits per heavy atom. The number of aromatic nitrogens is 2. The average Bonchev–Trinajstić information content (AvgIpc) is 2.67. The molecule has 0 aliphatic carbocycles. The molecule has 5 nitrogen and oxygen atoms in total. The SMILES string of the molecule is COCc1ccc(-c2noc(=O)[nH]2)cc1. The molecule has 0 atom stereocenters. The lowest BCUT2D eigenvalue weighted by Crippen LogP contribution is -1.95. The van der Waals surface area contributed by atoms with Crippen molar-refractivity contribution in [3.8, 4) is 11.4 Å². The van der Waals surface area contributed by atoms with E-state index in [-0.39, 0.29) is 0 Å². The molecule has 1 aromatic carbocycles. The molecule has 1 aromatic heterocycles. The summed E-state index contributed by atoms with van der Waals surface area (Å²) >= 11 is 0. The van der Waals surface area contributed by atoms with Crippen molar-refractivity contribution in [1.82, 2.24) is 10.1 Å². The molecule has 15 heavy (non-hydrogen) atoms. The predicted octanol–water partition coefficient (Wildman–Crippen LogP) is 1.18. The topological polar surface area (TPSA) is 68.1 Å². The van der Waals surface area contributed by atoms with E-state index in [2.05, 4.69) is 14.7 Å². The Kier molecular flexibility index (Phi) is 2.64. The number of H-pyrrole nitrogens is 1. The number of hydrogen-bond donors (Lipinski definition) is 1. The number of ether oxygens (including phenoxy) is 1. The molecule has 0 saturated heterocycles. The molecule has 0 spiro atoms. The molecule has 5 heteroatoms. The standard InChI is InChI=1S/C10H10N2O3/c1-14-6-7-2-4-8(5-3-7)9-11-10(13)15-12-9/h2-5H,6H2,1H3,(H,11,12,13). The highest BCUT2D eigenvalue weighted by atomic mass is 16.5. The fourth-order valence-corrected chi connectivity index (χ4v) is 1.28. The summed E-state index contributed by atoms with van der Waals surface area (Å²) in [5.41, 5.74) is 1.87. The van der Waals surface area contributed by atoms with Gasteiger partial charge >= 0.3 is 5.76 Å². The number of benzene rings is 1. The Labute approximate surface area is 85.7 Å². The van der Waals surface area contributed by atoms with Gasteiger partial charge in [-0.15, -0.1) is 0 Å². The Hall–Kier alpha value is -1.88. The van der Waals surface area contributed by atoms with Crippen molar-refractivity contribution in [2.24, 2.45) is 0 Å². The first-order valence-corrected chi connectivity index (χ1v) is 4.44. The molecule has 0 radical (unpaired) electrons. The molecule has 2 rings (SSSR count). The molecular weight excluding hydrogens is 196 g/mol. The van der Waals surface area contributed by atoms with Gasteiger partial charge in [0.1, 0.15) is 0 Å². The molecule has 0 saturated carbocycles. The average molecular weight is 206 g/mol. The summed E-state index contributed by atoms with van der Waals surface area (Å²) in [7, 11) is 1.64. The molecule has 0 unspecified atom stereocenters. The maximum absolute atomic E-state index is 10.7. The van der Waals surface area contributed by atoms with Crippen molar-refractivity contribution in [2.75, 3.05) is 7.11 Å². The van der Waals surface area contributed by atoms with Crippen LogP contribution in [0.3, 0.4) is 0 Å². The third-order valence-corrected chi connectivity index (χ3v) is 1.98. The minimum absolute atomic E-state index is 0.434. The fraction of sp³-hybridized carbons (Fsp3) is 0.200. The third kappa shape index (κ3) is 2.13. The number of nitrogens with one attached hydrogen (secondary N) is 1. The summed E-state index contributed by atoms with van der Waals surface area (Å²) in [5.74, 6) is -0.116. The van der Waals surface area contributed by atoms with E-state index in [0.717, 1.165) is 11.1 Å². The summed E-state index contributed by atoms with van der Waals surface area (Å²) in [5, 5.41) is 3.59. The van der Waals surface area contributed by atoms with Crippen molar-refractivity contribution in [2.45, 2.75) is 6.61 Å². The second-order valence-electron chi connectivity index (χ2n) is 3.07. The highest BCUT2D eigenvalue weighted by Gasteiger charge is 2.03. The van der Waals surface area contributed by atoms with E-state index in [0.29, 0.717) is 12.4 Å². The molecule has 78 valence electrons. The lowest BCUT2D eigenvalue weighted by Gasteiger charge is -1.99. The summed E-state index contributed by atoms with van der Waals surface area (Å²) in [6, 6.07) is 7.52. The Bertz CT molecular complexity index is 484. The van der Waals surface area contributed by atoms with Crippen LogP contribution in [0.2, 0.25) is 0 Å². The second kappa shape index (κ2) is 4.10. The van der Waals surface area contributed by atoms with E-state index in [9.17, 15) is 4.79 Å². The molecule has 1 heterocycles. The highest BCUT2D eigenvalue weighted by Crippen LogP contribution is 2.14. The summed E-state index contributed by atoms with van der Waals surface area (Å²) in [4.78, 5) is 13.2. The summed E-state index contributed by atoms with van der Waals surface area (Å²) < 4.78 is 9.40. The molecule has 0 amide bonds. The smallest absolute Gasteiger partial charge is 0.380 e. The van der Waals surface area contributed by atoms with Gasteiger partial charge in [-0.2, -0.15) is 0 Å². The second-order valence-corrected chi connectivity index (χ2v) is 3.07. The van der Waals surface area contributed by atoms with Crippen LogP contribution in [0.4, 0.5) is 0 Å². The number of rotatable bonds is 3. The van der Waals surface area contributed by atoms with Gasteiger partial charge in [-0.05, 0) is 5.56 Å². The highest BCUT2D eigenvalue weighted by molar-refractivity contribution is 5.54.